The van der Waals surface area contributed by atoms with Gasteiger partial charge in [-0.2, -0.15) is 0 Å². The summed E-state index contributed by atoms with van der Waals surface area (Å²) in [5.74, 6) is -0.465. The maximum Gasteiger partial charge on any atom is 0.325 e. The molecule has 4 amide bonds. The molecule has 2 rings (SSSR count). The fourth-order valence-corrected chi connectivity index (χ4v) is 2.29. The Labute approximate surface area is 111 Å². The zero-order chi connectivity index (χ0) is 14.2. The number of hydrogen-bond acceptors (Lipinski definition) is 4. The van der Waals surface area contributed by atoms with Crippen LogP contribution < -0.4 is 10.6 Å². The first-order valence-corrected chi connectivity index (χ1v) is 6.38. The summed E-state index contributed by atoms with van der Waals surface area (Å²) in [6.45, 7) is 3.41. The van der Waals surface area contributed by atoms with E-state index in [4.69, 9.17) is 5.11 Å². The number of carbonyl (C=O) groups excluding carboxylic acids is 3. The zero-order valence-corrected chi connectivity index (χ0v) is 11.1. The predicted molar refractivity (Wildman–Crippen MR) is 66.1 cm³/mol. The molecule has 7 nitrogen and oxygen atoms in total. The highest BCUT2D eigenvalue weighted by molar-refractivity contribution is 6.08. The largest absolute Gasteiger partial charge is 0.393 e. The number of rotatable bonds is 4. The van der Waals surface area contributed by atoms with Crippen molar-refractivity contribution in [1.82, 2.24) is 15.5 Å². The van der Waals surface area contributed by atoms with Gasteiger partial charge in [-0.25, -0.2) is 4.79 Å². The van der Waals surface area contributed by atoms with E-state index in [2.05, 4.69) is 10.6 Å². The van der Waals surface area contributed by atoms with Crippen molar-refractivity contribution in [2.75, 3.05) is 13.1 Å². The molecular formula is C12H19N3O4. The van der Waals surface area contributed by atoms with E-state index in [1.807, 2.05) is 0 Å². The van der Waals surface area contributed by atoms with E-state index in [-0.39, 0.29) is 18.6 Å². The first kappa shape index (κ1) is 13.8. The molecule has 19 heavy (non-hydrogen) atoms. The highest BCUT2D eigenvalue weighted by Gasteiger charge is 2.44. The van der Waals surface area contributed by atoms with Gasteiger partial charge in [0.15, 0.2) is 0 Å². The third kappa shape index (κ3) is 2.86. The van der Waals surface area contributed by atoms with Crippen LogP contribution in [0.3, 0.4) is 0 Å². The molecule has 0 bridgehead atoms. The fourth-order valence-electron chi connectivity index (χ4n) is 2.29. The van der Waals surface area contributed by atoms with Crippen LogP contribution >= 0.6 is 0 Å². The van der Waals surface area contributed by atoms with Gasteiger partial charge in [-0.05, 0) is 32.6 Å². The number of urea groups is 1. The Kier molecular flexibility index (Phi) is 3.49. The normalized spacial score (nSPS) is 28.9. The molecule has 1 saturated carbocycles. The predicted octanol–water partition coefficient (Wildman–Crippen LogP) is -0.796. The van der Waals surface area contributed by atoms with E-state index in [9.17, 15) is 14.4 Å². The molecule has 1 saturated heterocycles. The smallest absolute Gasteiger partial charge is 0.325 e. The number of hydrogen-bond donors (Lipinski definition) is 3. The van der Waals surface area contributed by atoms with Crippen LogP contribution in [-0.4, -0.2) is 52.6 Å². The summed E-state index contributed by atoms with van der Waals surface area (Å²) in [4.78, 5) is 36.0. The van der Waals surface area contributed by atoms with E-state index < -0.39 is 17.5 Å². The number of carbonyl (C=O) groups is 3. The number of nitrogens with zero attached hydrogens (tertiary/aromatic N) is 1. The van der Waals surface area contributed by atoms with E-state index >= 15 is 0 Å². The third-order valence-electron chi connectivity index (χ3n) is 3.54. The molecule has 0 spiro atoms. The summed E-state index contributed by atoms with van der Waals surface area (Å²) in [7, 11) is 0. The van der Waals surface area contributed by atoms with E-state index in [1.54, 1.807) is 13.8 Å². The number of amides is 4. The Morgan fingerprint density at radius 3 is 2.58 bits per heavy atom. The van der Waals surface area contributed by atoms with Crippen molar-refractivity contribution in [1.29, 1.82) is 0 Å². The van der Waals surface area contributed by atoms with Crippen molar-refractivity contribution in [3.05, 3.63) is 0 Å². The van der Waals surface area contributed by atoms with Gasteiger partial charge in [-0.15, -0.1) is 0 Å². The quantitative estimate of drug-likeness (QED) is 0.582. The molecule has 0 radical (unpaired) electrons. The van der Waals surface area contributed by atoms with Crippen LogP contribution in [0.25, 0.3) is 0 Å². The van der Waals surface area contributed by atoms with Crippen molar-refractivity contribution < 1.29 is 19.5 Å². The summed E-state index contributed by atoms with van der Waals surface area (Å²) < 4.78 is 0. The molecule has 0 aromatic rings. The monoisotopic (exact) mass is 269 g/mol. The molecule has 0 atom stereocenters. The van der Waals surface area contributed by atoms with Crippen molar-refractivity contribution in [3.63, 3.8) is 0 Å². The Morgan fingerprint density at radius 2 is 2.11 bits per heavy atom. The molecule has 1 aliphatic heterocycles. The molecule has 7 heteroatoms. The van der Waals surface area contributed by atoms with Gasteiger partial charge < -0.3 is 15.7 Å². The topological polar surface area (TPSA) is 98.7 Å². The van der Waals surface area contributed by atoms with Crippen LogP contribution in [0.2, 0.25) is 0 Å². The van der Waals surface area contributed by atoms with Gasteiger partial charge in [0.2, 0.25) is 5.91 Å². The van der Waals surface area contributed by atoms with Crippen LogP contribution in [0.4, 0.5) is 4.79 Å². The van der Waals surface area contributed by atoms with Crippen LogP contribution in [0.5, 0.6) is 0 Å². The van der Waals surface area contributed by atoms with Crippen LogP contribution in [0, 0.1) is 5.92 Å². The molecule has 2 aliphatic rings. The molecule has 0 aromatic carbocycles. The van der Waals surface area contributed by atoms with Crippen LogP contribution in [0.15, 0.2) is 0 Å². The first-order chi connectivity index (χ1) is 8.79. The lowest BCUT2D eigenvalue weighted by atomic mass is 9.82. The van der Waals surface area contributed by atoms with E-state index in [0.29, 0.717) is 25.3 Å². The summed E-state index contributed by atoms with van der Waals surface area (Å²) in [6.07, 6.45) is 1.13. The van der Waals surface area contributed by atoms with Crippen molar-refractivity contribution in [2.24, 2.45) is 5.92 Å². The van der Waals surface area contributed by atoms with Crippen LogP contribution in [0.1, 0.15) is 26.7 Å². The SMILES string of the molecule is CC1(C)NC(=O)N(CC(=O)NCC2CC(O)C2)C1=O. The van der Waals surface area contributed by atoms with Gasteiger partial charge in [0.05, 0.1) is 6.10 Å². The van der Waals surface area contributed by atoms with Crippen molar-refractivity contribution >= 4 is 17.8 Å². The first-order valence-electron chi connectivity index (χ1n) is 6.38. The average Bonchev–Trinajstić information content (AvgIpc) is 2.45. The average molecular weight is 269 g/mol. The Morgan fingerprint density at radius 1 is 1.47 bits per heavy atom. The number of nitrogens with one attached hydrogen (secondary N) is 2. The summed E-state index contributed by atoms with van der Waals surface area (Å²) in [5.41, 5.74) is -0.949. The highest BCUT2D eigenvalue weighted by atomic mass is 16.3. The lowest BCUT2D eigenvalue weighted by Gasteiger charge is -2.31. The number of aliphatic hydroxyl groups excluding tert-OH is 1. The van der Waals surface area contributed by atoms with E-state index in [0.717, 1.165) is 4.90 Å². The number of aliphatic hydroxyl groups is 1. The Bertz CT molecular complexity index is 415. The second-order valence-corrected chi connectivity index (χ2v) is 5.74. The minimum Gasteiger partial charge on any atom is -0.393 e. The standard InChI is InChI=1S/C12H19N3O4/c1-12(2)10(18)15(11(19)14-12)6-9(17)13-5-7-3-8(16)4-7/h7-8,16H,3-6H2,1-2H3,(H,13,17)(H,14,19). The molecule has 0 aromatic heterocycles. The lowest BCUT2D eigenvalue weighted by Crippen LogP contribution is -2.45. The lowest BCUT2D eigenvalue weighted by molar-refractivity contribution is -0.134. The van der Waals surface area contributed by atoms with Crippen molar-refractivity contribution in [2.45, 2.75) is 38.3 Å². The highest BCUT2D eigenvalue weighted by Crippen LogP contribution is 2.26. The minimum absolute atomic E-state index is 0.256. The fraction of sp³-hybridized carbons (Fsp3) is 0.750. The summed E-state index contributed by atoms with van der Waals surface area (Å²) >= 11 is 0. The second-order valence-electron chi connectivity index (χ2n) is 5.74. The molecule has 0 unspecified atom stereocenters. The van der Waals surface area contributed by atoms with Gasteiger partial charge in [0, 0.05) is 6.54 Å². The Balaban J connectivity index is 1.79. The second kappa shape index (κ2) is 4.80. The van der Waals surface area contributed by atoms with Crippen molar-refractivity contribution in [3.8, 4) is 0 Å². The number of imide groups is 1. The third-order valence-corrected chi connectivity index (χ3v) is 3.54. The van der Waals surface area contributed by atoms with E-state index in [1.165, 1.54) is 0 Å². The van der Waals surface area contributed by atoms with Gasteiger partial charge in [-0.1, -0.05) is 0 Å². The molecule has 1 aliphatic carbocycles. The molecular weight excluding hydrogens is 250 g/mol. The minimum atomic E-state index is -0.949. The maximum atomic E-state index is 11.9. The molecule has 106 valence electrons. The zero-order valence-electron chi connectivity index (χ0n) is 11.1. The summed E-state index contributed by atoms with van der Waals surface area (Å²) in [5, 5.41) is 14.3. The van der Waals surface area contributed by atoms with Gasteiger partial charge in [0.1, 0.15) is 12.1 Å². The molecule has 1 heterocycles. The van der Waals surface area contributed by atoms with Crippen LogP contribution in [-0.2, 0) is 9.59 Å². The maximum absolute atomic E-state index is 11.9. The molecule has 2 fully saturated rings. The molecule has 3 N–H and O–H groups in total. The van der Waals surface area contributed by atoms with Gasteiger partial charge in [0.25, 0.3) is 5.91 Å². The van der Waals surface area contributed by atoms with Gasteiger partial charge in [-0.3, -0.25) is 14.5 Å². The Hall–Kier alpha value is -1.63. The van der Waals surface area contributed by atoms with Gasteiger partial charge >= 0.3 is 6.03 Å². The summed E-state index contributed by atoms with van der Waals surface area (Å²) in [6, 6.07) is -0.538.